The summed E-state index contributed by atoms with van der Waals surface area (Å²) in [6.07, 6.45) is 4.93. The number of sulfone groups is 1. The van der Waals surface area contributed by atoms with E-state index >= 15 is 0 Å². The molecule has 0 aliphatic rings. The Bertz CT molecular complexity index is 426. The second kappa shape index (κ2) is 3.82. The van der Waals surface area contributed by atoms with E-state index in [4.69, 9.17) is 18.0 Å². The molecule has 0 N–H and O–H groups in total. The molecule has 0 aromatic heterocycles. The van der Waals surface area contributed by atoms with Crippen molar-refractivity contribution in [1.29, 1.82) is 0 Å². The van der Waals surface area contributed by atoms with Gasteiger partial charge < -0.3 is 0 Å². The van der Waals surface area contributed by atoms with Crippen LogP contribution >= 0.6 is 11.6 Å². The zero-order chi connectivity index (χ0) is 9.90. The molecule has 0 atom stereocenters. The van der Waals surface area contributed by atoms with Gasteiger partial charge in [-0.25, -0.2) is 8.42 Å². The van der Waals surface area contributed by atoms with Crippen molar-refractivity contribution in [2.45, 2.75) is 4.90 Å². The van der Waals surface area contributed by atoms with Gasteiger partial charge in [-0.2, -0.15) is 0 Å². The second-order valence-corrected chi connectivity index (χ2v) is 4.84. The van der Waals surface area contributed by atoms with E-state index in [-0.39, 0.29) is 10.6 Å². The summed E-state index contributed by atoms with van der Waals surface area (Å²) in [5.41, 5.74) is 0. The molecule has 1 aromatic carbocycles. The van der Waals surface area contributed by atoms with Crippen LogP contribution in [0.25, 0.3) is 0 Å². The van der Waals surface area contributed by atoms with Gasteiger partial charge in [0.25, 0.3) is 0 Å². The van der Waals surface area contributed by atoms with Gasteiger partial charge in [-0.05, 0) is 24.3 Å². The van der Waals surface area contributed by atoms with Gasteiger partial charge in [0.1, 0.15) is 5.75 Å². The minimum atomic E-state index is -3.32. The number of hydrogen-bond donors (Lipinski definition) is 0. The summed E-state index contributed by atoms with van der Waals surface area (Å²) in [6, 6.07) is 5.92. The van der Waals surface area contributed by atoms with E-state index in [2.05, 4.69) is 5.92 Å². The minimum Gasteiger partial charge on any atom is -0.223 e. The van der Waals surface area contributed by atoms with Crippen molar-refractivity contribution < 1.29 is 8.42 Å². The molecular formula is C9H7ClO2S. The van der Waals surface area contributed by atoms with E-state index in [1.165, 1.54) is 24.3 Å². The average molecular weight is 215 g/mol. The molecule has 13 heavy (non-hydrogen) atoms. The van der Waals surface area contributed by atoms with Crippen LogP contribution in [0, 0.1) is 12.3 Å². The van der Waals surface area contributed by atoms with Crippen LogP contribution in [0.4, 0.5) is 0 Å². The maximum atomic E-state index is 11.4. The van der Waals surface area contributed by atoms with Gasteiger partial charge in [-0.1, -0.05) is 17.5 Å². The SMILES string of the molecule is C#CCS(=O)(=O)c1ccc(Cl)cc1. The quantitative estimate of drug-likeness (QED) is 0.703. The fraction of sp³-hybridized carbons (Fsp3) is 0.111. The first kappa shape index (κ1) is 10.1. The molecule has 4 heteroatoms. The zero-order valence-electron chi connectivity index (χ0n) is 6.70. The normalized spacial score (nSPS) is 10.8. The first-order chi connectivity index (χ1) is 6.06. The Morgan fingerprint density at radius 2 is 1.85 bits per heavy atom. The molecule has 0 saturated carbocycles. The highest BCUT2D eigenvalue weighted by atomic mass is 35.5. The van der Waals surface area contributed by atoms with Crippen LogP contribution in [0.1, 0.15) is 0 Å². The Balaban J connectivity index is 3.11. The highest BCUT2D eigenvalue weighted by Crippen LogP contribution is 2.14. The largest absolute Gasteiger partial charge is 0.223 e. The first-order valence-electron chi connectivity index (χ1n) is 3.48. The van der Waals surface area contributed by atoms with E-state index in [9.17, 15) is 8.42 Å². The molecule has 0 fully saturated rings. The van der Waals surface area contributed by atoms with Crippen molar-refractivity contribution in [3.63, 3.8) is 0 Å². The van der Waals surface area contributed by atoms with Crippen molar-refractivity contribution in [3.8, 4) is 12.3 Å². The number of halogens is 1. The summed E-state index contributed by atoms with van der Waals surface area (Å²) in [5.74, 6) is 1.82. The van der Waals surface area contributed by atoms with Gasteiger partial charge in [-0.3, -0.25) is 0 Å². The molecule has 68 valence electrons. The maximum Gasteiger partial charge on any atom is 0.189 e. The van der Waals surface area contributed by atoms with Gasteiger partial charge in [0.2, 0.25) is 0 Å². The lowest BCUT2D eigenvalue weighted by Crippen LogP contribution is -2.04. The monoisotopic (exact) mass is 214 g/mol. The Morgan fingerprint density at radius 3 is 2.31 bits per heavy atom. The van der Waals surface area contributed by atoms with Gasteiger partial charge in [0.15, 0.2) is 9.84 Å². The number of rotatable bonds is 2. The van der Waals surface area contributed by atoms with Crippen LogP contribution in [0.3, 0.4) is 0 Å². The predicted molar refractivity (Wildman–Crippen MR) is 52.3 cm³/mol. The fourth-order valence-electron chi connectivity index (χ4n) is 0.835. The highest BCUT2D eigenvalue weighted by Gasteiger charge is 2.11. The highest BCUT2D eigenvalue weighted by molar-refractivity contribution is 7.91. The van der Waals surface area contributed by atoms with Gasteiger partial charge >= 0.3 is 0 Å². The van der Waals surface area contributed by atoms with Gasteiger partial charge in [0, 0.05) is 5.02 Å². The molecule has 0 saturated heterocycles. The average Bonchev–Trinajstić information content (AvgIpc) is 2.05. The van der Waals surface area contributed by atoms with Crippen molar-refractivity contribution in [2.75, 3.05) is 5.75 Å². The molecule has 0 bridgehead atoms. The van der Waals surface area contributed by atoms with Crippen molar-refractivity contribution >= 4 is 21.4 Å². The molecular weight excluding hydrogens is 208 g/mol. The van der Waals surface area contributed by atoms with Crippen molar-refractivity contribution in [2.24, 2.45) is 0 Å². The Kier molecular flexibility index (Phi) is 2.97. The third-order valence-corrected chi connectivity index (χ3v) is 3.24. The lowest BCUT2D eigenvalue weighted by molar-refractivity contribution is 0.599. The molecule has 0 heterocycles. The molecule has 1 aromatic rings. The molecule has 1 rings (SSSR count). The van der Waals surface area contributed by atoms with Crippen LogP contribution in [0.5, 0.6) is 0 Å². The molecule has 2 nitrogen and oxygen atoms in total. The van der Waals surface area contributed by atoms with E-state index < -0.39 is 9.84 Å². The van der Waals surface area contributed by atoms with E-state index in [0.717, 1.165) is 0 Å². The van der Waals surface area contributed by atoms with Crippen LogP contribution in [0.2, 0.25) is 5.02 Å². The van der Waals surface area contributed by atoms with Crippen molar-refractivity contribution in [3.05, 3.63) is 29.3 Å². The van der Waals surface area contributed by atoms with E-state index in [0.29, 0.717) is 5.02 Å². The predicted octanol–water partition coefficient (Wildman–Crippen LogP) is 1.75. The zero-order valence-corrected chi connectivity index (χ0v) is 8.27. The second-order valence-electron chi connectivity index (χ2n) is 2.42. The van der Waals surface area contributed by atoms with Crippen LogP contribution in [-0.4, -0.2) is 14.2 Å². The smallest absolute Gasteiger partial charge is 0.189 e. The molecule has 0 amide bonds. The Hall–Kier alpha value is -0.980. The van der Waals surface area contributed by atoms with Gasteiger partial charge in [0.05, 0.1) is 4.90 Å². The van der Waals surface area contributed by atoms with Gasteiger partial charge in [-0.15, -0.1) is 6.42 Å². The lowest BCUT2D eigenvalue weighted by Gasteiger charge is -1.99. The van der Waals surface area contributed by atoms with Crippen LogP contribution in [-0.2, 0) is 9.84 Å². The third-order valence-electron chi connectivity index (χ3n) is 1.45. The first-order valence-corrected chi connectivity index (χ1v) is 5.51. The lowest BCUT2D eigenvalue weighted by atomic mass is 10.4. The van der Waals surface area contributed by atoms with Crippen LogP contribution < -0.4 is 0 Å². The number of terminal acetylenes is 1. The van der Waals surface area contributed by atoms with E-state index in [1.54, 1.807) is 0 Å². The number of benzene rings is 1. The summed E-state index contributed by atoms with van der Waals surface area (Å²) < 4.78 is 22.7. The summed E-state index contributed by atoms with van der Waals surface area (Å²) in [4.78, 5) is 0.204. The summed E-state index contributed by atoms with van der Waals surface area (Å²) in [5, 5.41) is 0.500. The molecule has 0 spiro atoms. The summed E-state index contributed by atoms with van der Waals surface area (Å²) in [6.45, 7) is 0. The summed E-state index contributed by atoms with van der Waals surface area (Å²) >= 11 is 5.60. The van der Waals surface area contributed by atoms with Crippen LogP contribution in [0.15, 0.2) is 29.2 Å². The topological polar surface area (TPSA) is 34.1 Å². The summed E-state index contributed by atoms with van der Waals surface area (Å²) in [7, 11) is -3.32. The van der Waals surface area contributed by atoms with Crippen molar-refractivity contribution in [1.82, 2.24) is 0 Å². The number of hydrogen-bond acceptors (Lipinski definition) is 2. The Morgan fingerprint density at radius 1 is 1.31 bits per heavy atom. The molecule has 0 radical (unpaired) electrons. The third kappa shape index (κ3) is 2.48. The molecule has 0 aliphatic carbocycles. The maximum absolute atomic E-state index is 11.4. The standard InChI is InChI=1S/C9H7ClO2S/c1-2-7-13(11,12)9-5-3-8(10)4-6-9/h1,3-6H,7H2. The molecule has 0 unspecified atom stereocenters. The minimum absolute atomic E-state index is 0.204. The van der Waals surface area contributed by atoms with E-state index in [1.807, 2.05) is 0 Å². The fourth-order valence-corrected chi connectivity index (χ4v) is 1.90. The Labute approximate surface area is 82.5 Å². The molecule has 0 aliphatic heterocycles.